The van der Waals surface area contributed by atoms with Gasteiger partial charge in [0.2, 0.25) is 0 Å². The average molecular weight is 393 g/mol. The van der Waals surface area contributed by atoms with Gasteiger partial charge in [0, 0.05) is 17.4 Å². The number of aromatic nitrogens is 1. The van der Waals surface area contributed by atoms with E-state index in [-0.39, 0.29) is 34.3 Å². The SMILES string of the molecule is Cc1cc(C)c(CN2C[Si](C)(C)c3cc(O)c(O)c(Cl)c3C2=O)c(=O)[nH]1. The van der Waals surface area contributed by atoms with Crippen LogP contribution < -0.4 is 10.7 Å². The highest BCUT2D eigenvalue weighted by atomic mass is 35.5. The Bertz CT molecular complexity index is 984. The van der Waals surface area contributed by atoms with Crippen LogP contribution in [-0.2, 0) is 6.54 Å². The van der Waals surface area contributed by atoms with Gasteiger partial charge in [-0.25, -0.2) is 0 Å². The van der Waals surface area contributed by atoms with Crippen LogP contribution in [0.2, 0.25) is 18.1 Å². The van der Waals surface area contributed by atoms with Gasteiger partial charge in [0.25, 0.3) is 11.5 Å². The number of fused-ring (bicyclic) bond motifs is 1. The summed E-state index contributed by atoms with van der Waals surface area (Å²) < 4.78 is 0. The van der Waals surface area contributed by atoms with E-state index in [9.17, 15) is 19.8 Å². The van der Waals surface area contributed by atoms with E-state index in [0.29, 0.717) is 16.9 Å². The first kappa shape index (κ1) is 18.5. The molecule has 0 aliphatic carbocycles. The summed E-state index contributed by atoms with van der Waals surface area (Å²) in [6, 6.07) is 3.32. The van der Waals surface area contributed by atoms with Gasteiger partial charge in [-0.05, 0) is 36.7 Å². The minimum atomic E-state index is -2.16. The fourth-order valence-corrected chi connectivity index (χ4v) is 6.73. The second-order valence-electron chi connectivity index (χ2n) is 7.47. The van der Waals surface area contributed by atoms with Gasteiger partial charge in [0.05, 0.1) is 17.1 Å². The summed E-state index contributed by atoms with van der Waals surface area (Å²) >= 11 is 6.19. The number of nitrogens with one attached hydrogen (secondary N) is 1. The third kappa shape index (κ3) is 2.91. The minimum absolute atomic E-state index is 0.134. The topological polar surface area (TPSA) is 93.6 Å². The second-order valence-corrected chi connectivity index (χ2v) is 12.5. The van der Waals surface area contributed by atoms with Gasteiger partial charge in [-0.3, -0.25) is 9.59 Å². The normalized spacial score (nSPS) is 15.9. The number of phenolic OH excluding ortho intramolecular Hbond substituents is 2. The number of H-pyrrole nitrogens is 1. The Labute approximate surface area is 157 Å². The van der Waals surface area contributed by atoms with E-state index in [1.165, 1.54) is 6.07 Å². The molecule has 0 saturated carbocycles. The van der Waals surface area contributed by atoms with Crippen molar-refractivity contribution in [2.45, 2.75) is 33.5 Å². The average Bonchev–Trinajstić information content (AvgIpc) is 2.52. The molecule has 0 fully saturated rings. The Balaban J connectivity index is 2.10. The first-order valence-electron chi connectivity index (χ1n) is 8.26. The van der Waals surface area contributed by atoms with Gasteiger partial charge in [-0.2, -0.15) is 0 Å². The summed E-state index contributed by atoms with van der Waals surface area (Å²) in [6.07, 6.45) is 0.492. The molecule has 26 heavy (non-hydrogen) atoms. The van der Waals surface area contributed by atoms with Crippen molar-refractivity contribution in [3.05, 3.63) is 49.9 Å². The van der Waals surface area contributed by atoms with Crippen LogP contribution in [0.3, 0.4) is 0 Å². The number of aryl methyl sites for hydroxylation is 2. The summed E-state index contributed by atoms with van der Waals surface area (Å²) in [6.45, 7) is 7.95. The highest BCUT2D eigenvalue weighted by molar-refractivity contribution is 6.91. The van der Waals surface area contributed by atoms with Crippen molar-refractivity contribution in [2.24, 2.45) is 0 Å². The maximum absolute atomic E-state index is 13.0. The molecule has 1 aliphatic heterocycles. The van der Waals surface area contributed by atoms with Gasteiger partial charge < -0.3 is 20.1 Å². The van der Waals surface area contributed by atoms with Crippen molar-refractivity contribution in [1.82, 2.24) is 9.88 Å². The molecule has 0 spiro atoms. The summed E-state index contributed by atoms with van der Waals surface area (Å²) in [5.74, 6) is -1.15. The highest BCUT2D eigenvalue weighted by Gasteiger charge is 2.41. The van der Waals surface area contributed by atoms with E-state index in [1.54, 1.807) is 4.90 Å². The minimum Gasteiger partial charge on any atom is -0.504 e. The van der Waals surface area contributed by atoms with Crippen LogP contribution in [0, 0.1) is 13.8 Å². The fraction of sp³-hybridized carbons (Fsp3) is 0.333. The number of hydrogen-bond acceptors (Lipinski definition) is 4. The monoisotopic (exact) mass is 392 g/mol. The van der Waals surface area contributed by atoms with Gasteiger partial charge in [-0.15, -0.1) is 0 Å². The van der Waals surface area contributed by atoms with Crippen LogP contribution in [0.15, 0.2) is 16.9 Å². The molecule has 1 aromatic carbocycles. The molecule has 0 atom stereocenters. The van der Waals surface area contributed by atoms with Gasteiger partial charge in [0.1, 0.15) is 8.07 Å². The Morgan fingerprint density at radius 1 is 1.23 bits per heavy atom. The number of benzene rings is 1. The molecular formula is C18H21ClN2O4Si. The van der Waals surface area contributed by atoms with Crippen LogP contribution in [-0.4, -0.2) is 40.2 Å². The molecule has 0 radical (unpaired) electrons. The Morgan fingerprint density at radius 3 is 2.50 bits per heavy atom. The van der Waals surface area contributed by atoms with Crippen LogP contribution in [0.25, 0.3) is 0 Å². The second kappa shape index (κ2) is 6.17. The Hall–Kier alpha value is -2.25. The molecule has 1 aliphatic rings. The smallest absolute Gasteiger partial charge is 0.255 e. The highest BCUT2D eigenvalue weighted by Crippen LogP contribution is 2.38. The third-order valence-corrected chi connectivity index (χ3v) is 8.27. The zero-order valence-electron chi connectivity index (χ0n) is 15.1. The molecule has 3 rings (SSSR count). The summed E-state index contributed by atoms with van der Waals surface area (Å²) in [7, 11) is -2.16. The number of aromatic amines is 1. The van der Waals surface area contributed by atoms with E-state index in [2.05, 4.69) is 18.1 Å². The molecule has 0 saturated heterocycles. The predicted molar refractivity (Wildman–Crippen MR) is 103 cm³/mol. The van der Waals surface area contributed by atoms with Gasteiger partial charge in [0.15, 0.2) is 11.5 Å². The van der Waals surface area contributed by atoms with E-state index in [4.69, 9.17) is 11.6 Å². The van der Waals surface area contributed by atoms with Crippen molar-refractivity contribution >= 4 is 30.8 Å². The maximum atomic E-state index is 13.0. The standard InChI is InChI=1S/C18H21ClN2O4Si/c1-9-5-10(2)20-17(24)11(9)7-21-8-26(3,4)13-6-12(22)16(23)15(19)14(13)18(21)25/h5-6,22-23H,7-8H2,1-4H3,(H,20,24). The summed E-state index contributed by atoms with van der Waals surface area (Å²) in [4.78, 5) is 29.8. The number of halogens is 1. The lowest BCUT2D eigenvalue weighted by Gasteiger charge is -2.39. The van der Waals surface area contributed by atoms with Gasteiger partial charge in [-0.1, -0.05) is 24.7 Å². The molecule has 138 valence electrons. The molecule has 1 amide bonds. The molecule has 8 heteroatoms. The molecule has 0 unspecified atom stereocenters. The Morgan fingerprint density at radius 2 is 1.88 bits per heavy atom. The lowest BCUT2D eigenvalue weighted by molar-refractivity contribution is 0.0764. The first-order valence-corrected chi connectivity index (χ1v) is 11.8. The van der Waals surface area contributed by atoms with Crippen LogP contribution in [0.5, 0.6) is 11.5 Å². The number of nitrogens with zero attached hydrogens (tertiary/aromatic N) is 1. The number of amides is 1. The predicted octanol–water partition coefficient (Wildman–Crippen LogP) is 2.17. The lowest BCUT2D eigenvalue weighted by Crippen LogP contribution is -2.60. The lowest BCUT2D eigenvalue weighted by atomic mass is 10.1. The number of carbonyl (C=O) groups excluding carboxylic acids is 1. The number of phenols is 2. The summed E-state index contributed by atoms with van der Waals surface area (Å²) in [5, 5.41) is 20.4. The van der Waals surface area contributed by atoms with E-state index in [0.717, 1.165) is 11.3 Å². The van der Waals surface area contributed by atoms with Gasteiger partial charge >= 0.3 is 0 Å². The first-order chi connectivity index (χ1) is 12.0. The van der Waals surface area contributed by atoms with E-state index < -0.39 is 13.8 Å². The molecule has 3 N–H and O–H groups in total. The molecular weight excluding hydrogens is 372 g/mol. The van der Waals surface area contributed by atoms with E-state index >= 15 is 0 Å². The van der Waals surface area contributed by atoms with Crippen molar-refractivity contribution in [2.75, 3.05) is 6.17 Å². The van der Waals surface area contributed by atoms with Crippen molar-refractivity contribution < 1.29 is 15.0 Å². The largest absolute Gasteiger partial charge is 0.504 e. The van der Waals surface area contributed by atoms with Crippen molar-refractivity contribution in [3.8, 4) is 11.5 Å². The molecule has 0 bridgehead atoms. The zero-order valence-corrected chi connectivity index (χ0v) is 16.9. The maximum Gasteiger partial charge on any atom is 0.255 e. The summed E-state index contributed by atoms with van der Waals surface area (Å²) in [5.41, 5.74) is 2.15. The van der Waals surface area contributed by atoms with Crippen LogP contribution >= 0.6 is 11.6 Å². The number of hydrogen-bond donors (Lipinski definition) is 3. The van der Waals surface area contributed by atoms with Crippen molar-refractivity contribution in [1.29, 1.82) is 0 Å². The molecule has 2 aromatic rings. The Kier molecular flexibility index (Phi) is 4.40. The number of rotatable bonds is 2. The van der Waals surface area contributed by atoms with Crippen LogP contribution in [0.4, 0.5) is 0 Å². The number of pyridine rings is 1. The molecule has 1 aromatic heterocycles. The zero-order chi connectivity index (χ0) is 19.4. The quantitative estimate of drug-likeness (QED) is 0.539. The molecule has 6 nitrogen and oxygen atoms in total. The van der Waals surface area contributed by atoms with E-state index in [1.807, 2.05) is 19.9 Å². The molecule has 2 heterocycles. The number of carbonyl (C=O) groups is 1. The third-order valence-electron chi connectivity index (χ3n) is 4.88. The van der Waals surface area contributed by atoms with Crippen LogP contribution in [0.1, 0.15) is 27.2 Å². The fourth-order valence-electron chi connectivity index (χ4n) is 3.56. The number of aromatic hydroxyl groups is 2. The van der Waals surface area contributed by atoms with Crippen molar-refractivity contribution in [3.63, 3.8) is 0 Å².